The minimum atomic E-state index is -2.03. The maximum Gasteiger partial charge on any atom is 0.349 e. The molecule has 0 bridgehead atoms. The van der Waals surface area contributed by atoms with Crippen LogP contribution in [0.25, 0.3) is 16.9 Å². The normalized spacial score (nSPS) is 12.4. The number of pyridine rings is 1. The first-order valence-electron chi connectivity index (χ1n) is 6.23. The molecule has 6 heteroatoms. The zero-order chi connectivity index (χ0) is 14.8. The van der Waals surface area contributed by atoms with Gasteiger partial charge in [0.15, 0.2) is 0 Å². The Labute approximate surface area is 124 Å². The number of fused-ring (bicyclic) bond motifs is 1. The summed E-state index contributed by atoms with van der Waals surface area (Å²) in [7, 11) is 0. The van der Waals surface area contributed by atoms with Gasteiger partial charge < -0.3 is 5.11 Å². The first-order chi connectivity index (χ1) is 10.2. The number of nitrogens with zero attached hydrogens (tertiary/aromatic N) is 2. The highest BCUT2D eigenvalue weighted by Gasteiger charge is 2.23. The molecule has 1 aromatic carbocycles. The number of benzene rings is 1. The van der Waals surface area contributed by atoms with Crippen LogP contribution in [0.15, 0.2) is 59.8 Å². The Kier molecular flexibility index (Phi) is 3.62. The van der Waals surface area contributed by atoms with Crippen LogP contribution in [-0.4, -0.2) is 26.0 Å². The van der Waals surface area contributed by atoms with Crippen LogP contribution in [0.4, 0.5) is 4.39 Å². The van der Waals surface area contributed by atoms with E-state index in [9.17, 15) is 9.18 Å². The molecule has 0 saturated carbocycles. The highest BCUT2D eigenvalue weighted by molar-refractivity contribution is 8.00. The molecule has 4 nitrogen and oxygen atoms in total. The Bertz CT molecular complexity index is 789. The number of aromatic nitrogens is 2. The summed E-state index contributed by atoms with van der Waals surface area (Å²) in [4.78, 5) is 15.3. The van der Waals surface area contributed by atoms with E-state index in [4.69, 9.17) is 5.11 Å². The van der Waals surface area contributed by atoms with Crippen molar-refractivity contribution in [3.8, 4) is 11.3 Å². The number of halogens is 1. The van der Waals surface area contributed by atoms with Crippen LogP contribution in [-0.2, 0) is 4.79 Å². The van der Waals surface area contributed by atoms with Crippen molar-refractivity contribution in [3.63, 3.8) is 0 Å². The standard InChI is InChI=1S/C15H11FN2O2S/c16-13(15(19)20)21-14-12(10-6-2-1-3-7-10)17-11-8-4-5-9-18(11)14/h1-9,13H,(H,19,20)/t13-/m0/s1. The predicted octanol–water partition coefficient (Wildman–Crippen LogP) is 3.47. The highest BCUT2D eigenvalue weighted by Crippen LogP contribution is 2.34. The van der Waals surface area contributed by atoms with Crippen LogP contribution >= 0.6 is 11.8 Å². The van der Waals surface area contributed by atoms with E-state index in [0.717, 1.165) is 5.56 Å². The topological polar surface area (TPSA) is 54.6 Å². The number of rotatable bonds is 4. The Balaban J connectivity index is 2.17. The van der Waals surface area contributed by atoms with E-state index >= 15 is 0 Å². The van der Waals surface area contributed by atoms with Gasteiger partial charge in [0, 0.05) is 11.8 Å². The van der Waals surface area contributed by atoms with Gasteiger partial charge in [0.2, 0.25) is 5.50 Å². The van der Waals surface area contributed by atoms with Gasteiger partial charge in [-0.3, -0.25) is 4.40 Å². The Morgan fingerprint density at radius 1 is 1.19 bits per heavy atom. The first-order valence-corrected chi connectivity index (χ1v) is 7.11. The van der Waals surface area contributed by atoms with Crippen LogP contribution < -0.4 is 0 Å². The molecule has 0 aliphatic carbocycles. The summed E-state index contributed by atoms with van der Waals surface area (Å²) in [5, 5.41) is 9.27. The van der Waals surface area contributed by atoms with Gasteiger partial charge in [-0.15, -0.1) is 0 Å². The van der Waals surface area contributed by atoms with Gasteiger partial charge in [0.05, 0.1) is 0 Å². The zero-order valence-corrected chi connectivity index (χ0v) is 11.6. The molecule has 0 radical (unpaired) electrons. The number of carboxylic acids is 1. The van der Waals surface area contributed by atoms with Crippen molar-refractivity contribution in [2.75, 3.05) is 0 Å². The van der Waals surface area contributed by atoms with Gasteiger partial charge >= 0.3 is 5.97 Å². The third kappa shape index (κ3) is 2.62. The molecule has 0 amide bonds. The van der Waals surface area contributed by atoms with Crippen LogP contribution in [0, 0.1) is 0 Å². The average Bonchev–Trinajstić information content (AvgIpc) is 2.87. The minimum absolute atomic E-state index is 0.478. The number of alkyl halides is 1. The average molecular weight is 302 g/mol. The summed E-state index contributed by atoms with van der Waals surface area (Å²) in [5.74, 6) is -1.50. The third-order valence-electron chi connectivity index (χ3n) is 2.94. The highest BCUT2D eigenvalue weighted by atomic mass is 32.2. The SMILES string of the molecule is O=C(O)[C@@H](F)Sc1c(-c2ccccc2)nc2ccccn12. The number of hydrogen-bond donors (Lipinski definition) is 1. The fourth-order valence-electron chi connectivity index (χ4n) is 2.02. The number of hydrogen-bond acceptors (Lipinski definition) is 3. The molecule has 1 N–H and O–H groups in total. The molecule has 0 unspecified atom stereocenters. The zero-order valence-electron chi connectivity index (χ0n) is 10.8. The molecular formula is C15H11FN2O2S. The molecule has 1 atom stereocenters. The van der Waals surface area contributed by atoms with Gasteiger partial charge in [-0.2, -0.15) is 0 Å². The van der Waals surface area contributed by atoms with Gasteiger partial charge in [-0.05, 0) is 12.1 Å². The van der Waals surface area contributed by atoms with Crippen LogP contribution in [0.2, 0.25) is 0 Å². The van der Waals surface area contributed by atoms with E-state index in [1.807, 2.05) is 36.4 Å². The van der Waals surface area contributed by atoms with E-state index in [1.54, 1.807) is 22.7 Å². The van der Waals surface area contributed by atoms with Crippen molar-refractivity contribution in [3.05, 3.63) is 54.7 Å². The van der Waals surface area contributed by atoms with Gasteiger partial charge in [-0.1, -0.05) is 48.2 Å². The fraction of sp³-hybridized carbons (Fsp3) is 0.0667. The van der Waals surface area contributed by atoms with Crippen molar-refractivity contribution < 1.29 is 14.3 Å². The van der Waals surface area contributed by atoms with Crippen molar-refractivity contribution in [1.29, 1.82) is 0 Å². The first kappa shape index (κ1) is 13.6. The van der Waals surface area contributed by atoms with Crippen molar-refractivity contribution in [2.24, 2.45) is 0 Å². The van der Waals surface area contributed by atoms with E-state index in [1.165, 1.54) is 0 Å². The molecule has 2 heterocycles. The largest absolute Gasteiger partial charge is 0.478 e. The summed E-state index contributed by atoms with van der Waals surface area (Å²) >= 11 is 0.644. The quantitative estimate of drug-likeness (QED) is 0.750. The fourth-order valence-corrected chi connectivity index (χ4v) is 2.86. The molecule has 2 aromatic heterocycles. The number of thioether (sulfide) groups is 1. The smallest absolute Gasteiger partial charge is 0.349 e. The Morgan fingerprint density at radius 2 is 1.90 bits per heavy atom. The maximum atomic E-state index is 13.6. The van der Waals surface area contributed by atoms with E-state index in [-0.39, 0.29) is 0 Å². The second-order valence-corrected chi connectivity index (χ2v) is 5.37. The van der Waals surface area contributed by atoms with Crippen molar-refractivity contribution in [1.82, 2.24) is 9.38 Å². The molecule has 0 spiro atoms. The minimum Gasteiger partial charge on any atom is -0.478 e. The number of imidazole rings is 1. The molecule has 106 valence electrons. The second kappa shape index (κ2) is 5.57. The molecule has 3 aromatic rings. The van der Waals surface area contributed by atoms with Crippen LogP contribution in [0.3, 0.4) is 0 Å². The summed E-state index contributed by atoms with van der Waals surface area (Å²) in [6.07, 6.45) is 1.74. The Morgan fingerprint density at radius 3 is 2.62 bits per heavy atom. The lowest BCUT2D eigenvalue weighted by atomic mass is 10.2. The summed E-state index contributed by atoms with van der Waals surface area (Å²) < 4.78 is 15.3. The predicted molar refractivity (Wildman–Crippen MR) is 79.0 cm³/mol. The van der Waals surface area contributed by atoms with Crippen LogP contribution in [0.5, 0.6) is 0 Å². The lowest BCUT2D eigenvalue weighted by Crippen LogP contribution is -2.10. The van der Waals surface area contributed by atoms with Gasteiger partial charge in [-0.25, -0.2) is 14.2 Å². The molecule has 21 heavy (non-hydrogen) atoms. The third-order valence-corrected chi connectivity index (χ3v) is 3.96. The summed E-state index contributed by atoms with van der Waals surface area (Å²) in [6, 6.07) is 14.7. The van der Waals surface area contributed by atoms with Gasteiger partial charge in [0.1, 0.15) is 16.4 Å². The molecule has 0 aliphatic heterocycles. The molecular weight excluding hydrogens is 291 g/mol. The monoisotopic (exact) mass is 302 g/mol. The Hall–Kier alpha value is -2.34. The summed E-state index contributed by atoms with van der Waals surface area (Å²) in [5.41, 5.74) is 0.0148. The lowest BCUT2D eigenvalue weighted by molar-refractivity contribution is -0.139. The van der Waals surface area contributed by atoms with E-state index < -0.39 is 11.5 Å². The lowest BCUT2D eigenvalue weighted by Gasteiger charge is -2.06. The molecule has 0 aliphatic rings. The molecule has 3 rings (SSSR count). The van der Waals surface area contributed by atoms with Crippen molar-refractivity contribution >= 4 is 23.4 Å². The van der Waals surface area contributed by atoms with Crippen LogP contribution in [0.1, 0.15) is 0 Å². The van der Waals surface area contributed by atoms with E-state index in [0.29, 0.717) is 28.1 Å². The molecule has 0 saturated heterocycles. The number of carboxylic acid groups (broad SMARTS) is 1. The molecule has 0 fully saturated rings. The number of aliphatic carboxylic acids is 1. The van der Waals surface area contributed by atoms with Crippen molar-refractivity contribution in [2.45, 2.75) is 10.5 Å². The second-order valence-electron chi connectivity index (χ2n) is 4.33. The maximum absolute atomic E-state index is 13.6. The number of carbonyl (C=O) groups is 1. The summed E-state index contributed by atoms with van der Waals surface area (Å²) in [6.45, 7) is 0. The van der Waals surface area contributed by atoms with E-state index in [2.05, 4.69) is 4.98 Å². The van der Waals surface area contributed by atoms with Gasteiger partial charge in [0.25, 0.3) is 0 Å².